The minimum atomic E-state index is 1.01. The first-order chi connectivity index (χ1) is 11.2. The van der Waals surface area contributed by atoms with Gasteiger partial charge in [-0.2, -0.15) is 0 Å². The van der Waals surface area contributed by atoms with Crippen molar-refractivity contribution in [3.8, 4) is 0 Å². The van der Waals surface area contributed by atoms with Crippen molar-refractivity contribution in [3.63, 3.8) is 0 Å². The summed E-state index contributed by atoms with van der Waals surface area (Å²) in [7, 11) is 0. The highest BCUT2D eigenvalue weighted by molar-refractivity contribution is 4.98. The maximum Gasteiger partial charge on any atom is -0.0324 e. The van der Waals surface area contributed by atoms with Crippen molar-refractivity contribution in [1.29, 1.82) is 0 Å². The van der Waals surface area contributed by atoms with Gasteiger partial charge in [0.1, 0.15) is 0 Å². The SMILES string of the molecule is CCCC(CC)C1C2CCC(C)CC2CC2CCC(CC)CC21. The largest absolute Gasteiger partial charge is 0.0654 e. The van der Waals surface area contributed by atoms with Crippen LogP contribution in [0, 0.1) is 47.3 Å². The van der Waals surface area contributed by atoms with Gasteiger partial charge in [-0.3, -0.25) is 0 Å². The predicted octanol–water partition coefficient (Wildman–Crippen LogP) is 7.33. The smallest absolute Gasteiger partial charge is 0.0324 e. The van der Waals surface area contributed by atoms with Crippen LogP contribution in [0.5, 0.6) is 0 Å². The van der Waals surface area contributed by atoms with E-state index in [4.69, 9.17) is 0 Å². The van der Waals surface area contributed by atoms with Gasteiger partial charge in [0, 0.05) is 0 Å². The first-order valence-electron chi connectivity index (χ1n) is 11.2. The molecule has 0 bridgehead atoms. The van der Waals surface area contributed by atoms with Crippen LogP contribution in [0.3, 0.4) is 0 Å². The Morgan fingerprint density at radius 3 is 2.35 bits per heavy atom. The Bertz CT molecular complexity index is 359. The summed E-state index contributed by atoms with van der Waals surface area (Å²) < 4.78 is 0. The zero-order chi connectivity index (χ0) is 16.4. The summed E-state index contributed by atoms with van der Waals surface area (Å²) in [5.41, 5.74) is 0. The molecule has 8 unspecified atom stereocenters. The van der Waals surface area contributed by atoms with E-state index in [1.54, 1.807) is 38.5 Å². The van der Waals surface area contributed by atoms with Gasteiger partial charge in [-0.1, -0.05) is 66.2 Å². The van der Waals surface area contributed by atoms with Gasteiger partial charge in [0.05, 0.1) is 0 Å². The molecular formula is C23H42. The maximum atomic E-state index is 2.52. The fourth-order valence-corrected chi connectivity index (χ4v) is 7.24. The quantitative estimate of drug-likeness (QED) is 0.498. The average molecular weight is 319 g/mol. The van der Waals surface area contributed by atoms with E-state index in [2.05, 4.69) is 27.7 Å². The third-order valence-electron chi connectivity index (χ3n) is 8.36. The summed E-state index contributed by atoms with van der Waals surface area (Å²) >= 11 is 0. The third-order valence-corrected chi connectivity index (χ3v) is 8.36. The van der Waals surface area contributed by atoms with Crippen LogP contribution in [-0.4, -0.2) is 0 Å². The summed E-state index contributed by atoms with van der Waals surface area (Å²) in [6.07, 6.45) is 16.7. The molecule has 3 rings (SSSR count). The summed E-state index contributed by atoms with van der Waals surface area (Å²) in [5, 5.41) is 0. The molecule has 0 N–H and O–H groups in total. The van der Waals surface area contributed by atoms with Crippen LogP contribution in [0.1, 0.15) is 98.3 Å². The van der Waals surface area contributed by atoms with Gasteiger partial charge in [-0.25, -0.2) is 0 Å². The van der Waals surface area contributed by atoms with Crippen LogP contribution in [0.15, 0.2) is 0 Å². The second-order valence-corrected chi connectivity index (χ2v) is 9.62. The standard InChI is InChI=1S/C23H42/c1-5-8-18(7-3)23-21-12-9-16(4)13-20(21)15-19-11-10-17(6-2)14-22(19)23/h16-23H,5-15H2,1-4H3. The molecule has 3 aliphatic rings. The Morgan fingerprint density at radius 2 is 1.65 bits per heavy atom. The van der Waals surface area contributed by atoms with Gasteiger partial charge < -0.3 is 0 Å². The molecule has 0 nitrogen and oxygen atoms in total. The second kappa shape index (κ2) is 7.92. The number of hydrogen-bond acceptors (Lipinski definition) is 0. The van der Waals surface area contributed by atoms with Crippen molar-refractivity contribution in [2.24, 2.45) is 47.3 Å². The molecule has 0 aromatic rings. The van der Waals surface area contributed by atoms with Crippen molar-refractivity contribution in [2.75, 3.05) is 0 Å². The lowest BCUT2D eigenvalue weighted by atomic mass is 9.50. The number of rotatable bonds is 5. The van der Waals surface area contributed by atoms with Gasteiger partial charge >= 0.3 is 0 Å². The molecule has 3 saturated carbocycles. The first-order valence-corrected chi connectivity index (χ1v) is 11.2. The van der Waals surface area contributed by atoms with Crippen LogP contribution >= 0.6 is 0 Å². The Hall–Kier alpha value is 0. The Kier molecular flexibility index (Phi) is 6.13. The van der Waals surface area contributed by atoms with Crippen LogP contribution in [-0.2, 0) is 0 Å². The van der Waals surface area contributed by atoms with Gasteiger partial charge in [0.2, 0.25) is 0 Å². The molecule has 0 amide bonds. The van der Waals surface area contributed by atoms with Crippen molar-refractivity contribution in [1.82, 2.24) is 0 Å². The maximum absolute atomic E-state index is 2.52. The highest BCUT2D eigenvalue weighted by Gasteiger charge is 2.49. The van der Waals surface area contributed by atoms with E-state index in [1.165, 1.54) is 32.1 Å². The van der Waals surface area contributed by atoms with Crippen LogP contribution in [0.2, 0.25) is 0 Å². The molecule has 0 heterocycles. The highest BCUT2D eigenvalue weighted by atomic mass is 14.5. The van der Waals surface area contributed by atoms with E-state index in [0.29, 0.717) is 0 Å². The zero-order valence-corrected chi connectivity index (χ0v) is 16.4. The minimum absolute atomic E-state index is 1.01. The summed E-state index contributed by atoms with van der Waals surface area (Å²) in [4.78, 5) is 0. The van der Waals surface area contributed by atoms with Crippen molar-refractivity contribution in [3.05, 3.63) is 0 Å². The monoisotopic (exact) mass is 318 g/mol. The van der Waals surface area contributed by atoms with Crippen LogP contribution in [0.4, 0.5) is 0 Å². The van der Waals surface area contributed by atoms with E-state index >= 15 is 0 Å². The van der Waals surface area contributed by atoms with Gasteiger partial charge in [-0.05, 0) is 79.4 Å². The Labute approximate surface area is 146 Å². The molecule has 0 heteroatoms. The topological polar surface area (TPSA) is 0 Å². The summed E-state index contributed by atoms with van der Waals surface area (Å²) in [6, 6.07) is 0. The molecule has 8 atom stereocenters. The Balaban J connectivity index is 1.84. The fraction of sp³-hybridized carbons (Fsp3) is 1.00. The van der Waals surface area contributed by atoms with Crippen molar-refractivity contribution >= 4 is 0 Å². The lowest BCUT2D eigenvalue weighted by molar-refractivity contribution is -0.0617. The van der Waals surface area contributed by atoms with E-state index in [1.807, 2.05) is 0 Å². The van der Waals surface area contributed by atoms with E-state index in [-0.39, 0.29) is 0 Å². The molecule has 3 aliphatic carbocycles. The van der Waals surface area contributed by atoms with Crippen LogP contribution in [0.25, 0.3) is 0 Å². The van der Waals surface area contributed by atoms with Crippen molar-refractivity contribution in [2.45, 2.75) is 98.3 Å². The highest BCUT2D eigenvalue weighted by Crippen LogP contribution is 2.58. The van der Waals surface area contributed by atoms with Gasteiger partial charge in [0.25, 0.3) is 0 Å². The summed E-state index contributed by atoms with van der Waals surface area (Å²) in [6.45, 7) is 9.87. The lowest BCUT2D eigenvalue weighted by Gasteiger charge is -2.55. The molecule has 0 spiro atoms. The van der Waals surface area contributed by atoms with E-state index in [0.717, 1.165) is 47.3 Å². The lowest BCUT2D eigenvalue weighted by Crippen LogP contribution is -2.47. The molecular weight excluding hydrogens is 276 g/mol. The minimum Gasteiger partial charge on any atom is -0.0654 e. The van der Waals surface area contributed by atoms with Crippen molar-refractivity contribution < 1.29 is 0 Å². The number of hydrogen-bond donors (Lipinski definition) is 0. The average Bonchev–Trinajstić information content (AvgIpc) is 2.57. The van der Waals surface area contributed by atoms with Gasteiger partial charge in [0.15, 0.2) is 0 Å². The fourth-order valence-electron chi connectivity index (χ4n) is 7.24. The molecule has 0 aromatic carbocycles. The molecule has 0 aromatic heterocycles. The molecule has 23 heavy (non-hydrogen) atoms. The molecule has 0 saturated heterocycles. The molecule has 134 valence electrons. The first kappa shape index (κ1) is 17.8. The molecule has 3 fully saturated rings. The normalized spacial score (nSPS) is 45.1. The summed E-state index contributed by atoms with van der Waals surface area (Å²) in [5.74, 6) is 8.56. The molecule has 0 radical (unpaired) electrons. The van der Waals surface area contributed by atoms with Gasteiger partial charge in [-0.15, -0.1) is 0 Å². The van der Waals surface area contributed by atoms with E-state index in [9.17, 15) is 0 Å². The van der Waals surface area contributed by atoms with E-state index < -0.39 is 0 Å². The predicted molar refractivity (Wildman–Crippen MR) is 101 cm³/mol. The molecule has 0 aliphatic heterocycles. The zero-order valence-electron chi connectivity index (χ0n) is 16.4. The Morgan fingerprint density at radius 1 is 0.826 bits per heavy atom. The third kappa shape index (κ3) is 3.67. The second-order valence-electron chi connectivity index (χ2n) is 9.62. The number of fused-ring (bicyclic) bond motifs is 2. The van der Waals surface area contributed by atoms with Crippen LogP contribution < -0.4 is 0 Å².